The maximum Gasteiger partial charge on any atom is 0.294 e. The summed E-state index contributed by atoms with van der Waals surface area (Å²) in [6, 6.07) is 14.0. The van der Waals surface area contributed by atoms with Gasteiger partial charge in [0.05, 0.1) is 11.0 Å². The van der Waals surface area contributed by atoms with Crippen molar-refractivity contribution in [3.8, 4) is 6.01 Å². The van der Waals surface area contributed by atoms with Gasteiger partial charge in [-0.15, -0.1) is 0 Å². The van der Waals surface area contributed by atoms with Gasteiger partial charge in [-0.1, -0.05) is 34.1 Å². The number of hydrogen-bond acceptors (Lipinski definition) is 3. The Labute approximate surface area is 118 Å². The molecule has 0 amide bonds. The number of imidazole rings is 1. The molecule has 1 aromatic heterocycles. The molecule has 96 valence electrons. The molecule has 0 aliphatic carbocycles. The predicted molar refractivity (Wildman–Crippen MR) is 79.0 cm³/mol. The van der Waals surface area contributed by atoms with Crippen LogP contribution in [0, 0.1) is 0 Å². The number of rotatable bonds is 3. The number of ether oxygens (including phenoxy) is 1. The summed E-state index contributed by atoms with van der Waals surface area (Å²) in [5.41, 5.74) is 9.22. The van der Waals surface area contributed by atoms with Crippen LogP contribution in [0.5, 0.6) is 6.01 Å². The Morgan fingerprint density at radius 3 is 2.89 bits per heavy atom. The first-order valence-corrected chi connectivity index (χ1v) is 6.63. The van der Waals surface area contributed by atoms with E-state index in [9.17, 15) is 0 Å². The Balaban J connectivity index is 1.80. The Bertz CT molecular complexity index is 724. The fourth-order valence-corrected chi connectivity index (χ4v) is 2.23. The van der Waals surface area contributed by atoms with Crippen molar-refractivity contribution in [2.45, 2.75) is 6.61 Å². The summed E-state index contributed by atoms with van der Waals surface area (Å²) in [6.45, 7) is 0.455. The van der Waals surface area contributed by atoms with E-state index in [2.05, 4.69) is 25.9 Å². The molecular formula is C14H12BrN3O. The lowest BCUT2D eigenvalue weighted by Crippen LogP contribution is -1.97. The number of anilines is 1. The standard InChI is InChI=1S/C14H12BrN3O/c15-11-4-2-1-3-9(11)8-19-14-17-12-6-5-10(16)7-13(12)18-14/h1-7H,8,16H2,(H,17,18). The van der Waals surface area contributed by atoms with Crippen molar-refractivity contribution < 1.29 is 4.74 Å². The SMILES string of the molecule is Nc1ccc2nc(OCc3ccccc3Br)[nH]c2c1. The average Bonchev–Trinajstić information content (AvgIpc) is 2.79. The summed E-state index contributed by atoms with van der Waals surface area (Å²) < 4.78 is 6.68. The molecule has 0 aliphatic heterocycles. The van der Waals surface area contributed by atoms with Crippen LogP contribution >= 0.6 is 15.9 Å². The van der Waals surface area contributed by atoms with Crippen LogP contribution in [0.2, 0.25) is 0 Å². The summed E-state index contributed by atoms with van der Waals surface area (Å²) in [7, 11) is 0. The van der Waals surface area contributed by atoms with E-state index in [0.717, 1.165) is 21.1 Å². The largest absolute Gasteiger partial charge is 0.460 e. The Kier molecular flexibility index (Phi) is 3.13. The fraction of sp³-hybridized carbons (Fsp3) is 0.0714. The number of nitrogens with two attached hydrogens (primary N) is 1. The number of aromatic amines is 1. The zero-order chi connectivity index (χ0) is 13.2. The minimum absolute atomic E-state index is 0.455. The number of nitrogens with one attached hydrogen (secondary N) is 1. The molecule has 0 saturated heterocycles. The first-order chi connectivity index (χ1) is 9.22. The predicted octanol–water partition coefficient (Wildman–Crippen LogP) is 3.49. The first-order valence-electron chi connectivity index (χ1n) is 5.84. The van der Waals surface area contributed by atoms with E-state index < -0.39 is 0 Å². The highest BCUT2D eigenvalue weighted by molar-refractivity contribution is 9.10. The maximum absolute atomic E-state index is 5.72. The van der Waals surface area contributed by atoms with Gasteiger partial charge in [-0.05, 0) is 24.3 Å². The third-order valence-electron chi connectivity index (χ3n) is 2.81. The third-order valence-corrected chi connectivity index (χ3v) is 3.58. The van der Waals surface area contributed by atoms with Crippen LogP contribution in [0.3, 0.4) is 0 Å². The number of fused-ring (bicyclic) bond motifs is 1. The van der Waals surface area contributed by atoms with E-state index in [1.165, 1.54) is 0 Å². The van der Waals surface area contributed by atoms with E-state index in [0.29, 0.717) is 18.3 Å². The van der Waals surface area contributed by atoms with E-state index >= 15 is 0 Å². The molecule has 2 aromatic carbocycles. The quantitative estimate of drug-likeness (QED) is 0.727. The zero-order valence-electron chi connectivity index (χ0n) is 10.1. The Morgan fingerprint density at radius 2 is 2.05 bits per heavy atom. The Morgan fingerprint density at radius 1 is 1.21 bits per heavy atom. The smallest absolute Gasteiger partial charge is 0.294 e. The van der Waals surface area contributed by atoms with Gasteiger partial charge in [0.25, 0.3) is 6.01 Å². The van der Waals surface area contributed by atoms with Gasteiger partial charge in [-0.25, -0.2) is 0 Å². The van der Waals surface area contributed by atoms with Gasteiger partial charge in [0.15, 0.2) is 0 Å². The molecule has 19 heavy (non-hydrogen) atoms. The number of nitrogens with zero attached hydrogens (tertiary/aromatic N) is 1. The minimum atomic E-state index is 0.455. The van der Waals surface area contributed by atoms with Crippen LogP contribution in [0.25, 0.3) is 11.0 Å². The zero-order valence-corrected chi connectivity index (χ0v) is 11.6. The van der Waals surface area contributed by atoms with Crippen LogP contribution in [0.15, 0.2) is 46.9 Å². The summed E-state index contributed by atoms with van der Waals surface area (Å²) in [4.78, 5) is 7.45. The van der Waals surface area contributed by atoms with Crippen LogP contribution < -0.4 is 10.5 Å². The van der Waals surface area contributed by atoms with Crippen molar-refractivity contribution in [1.29, 1.82) is 0 Å². The van der Waals surface area contributed by atoms with Gasteiger partial charge < -0.3 is 15.5 Å². The van der Waals surface area contributed by atoms with Crippen LogP contribution in [-0.2, 0) is 6.61 Å². The van der Waals surface area contributed by atoms with Gasteiger partial charge in [-0.3, -0.25) is 0 Å². The molecular weight excluding hydrogens is 306 g/mol. The lowest BCUT2D eigenvalue weighted by molar-refractivity contribution is 0.284. The lowest BCUT2D eigenvalue weighted by Gasteiger charge is -2.04. The number of nitrogen functional groups attached to an aromatic ring is 1. The highest BCUT2D eigenvalue weighted by Gasteiger charge is 2.05. The number of H-pyrrole nitrogens is 1. The van der Waals surface area contributed by atoms with Crippen LogP contribution in [0.4, 0.5) is 5.69 Å². The van der Waals surface area contributed by atoms with Crippen LogP contribution in [-0.4, -0.2) is 9.97 Å². The summed E-state index contributed by atoms with van der Waals surface area (Å²) in [5.74, 6) is 0. The van der Waals surface area contributed by atoms with Crippen molar-refractivity contribution in [2.24, 2.45) is 0 Å². The monoisotopic (exact) mass is 317 g/mol. The normalized spacial score (nSPS) is 10.8. The third kappa shape index (κ3) is 2.56. The molecule has 3 rings (SSSR count). The fourth-order valence-electron chi connectivity index (χ4n) is 1.83. The molecule has 1 heterocycles. The van der Waals surface area contributed by atoms with Crippen molar-refractivity contribution >= 4 is 32.7 Å². The van der Waals surface area contributed by atoms with Gasteiger partial charge in [0, 0.05) is 15.7 Å². The molecule has 0 fully saturated rings. The van der Waals surface area contributed by atoms with Gasteiger partial charge in [-0.2, -0.15) is 4.98 Å². The van der Waals surface area contributed by atoms with Crippen molar-refractivity contribution in [2.75, 3.05) is 5.73 Å². The summed E-state index contributed by atoms with van der Waals surface area (Å²) in [6.07, 6.45) is 0. The van der Waals surface area contributed by atoms with Gasteiger partial charge in [0.1, 0.15) is 6.61 Å². The highest BCUT2D eigenvalue weighted by Crippen LogP contribution is 2.21. The summed E-state index contributed by atoms with van der Waals surface area (Å²) in [5, 5.41) is 0. The second-order valence-electron chi connectivity index (χ2n) is 4.20. The second-order valence-corrected chi connectivity index (χ2v) is 5.05. The minimum Gasteiger partial charge on any atom is -0.460 e. The van der Waals surface area contributed by atoms with E-state index in [-0.39, 0.29) is 0 Å². The number of hydrogen-bond donors (Lipinski definition) is 2. The van der Waals surface area contributed by atoms with Gasteiger partial charge in [0.2, 0.25) is 0 Å². The van der Waals surface area contributed by atoms with Crippen molar-refractivity contribution in [1.82, 2.24) is 9.97 Å². The molecule has 0 bridgehead atoms. The lowest BCUT2D eigenvalue weighted by atomic mass is 10.2. The van der Waals surface area contributed by atoms with E-state index in [1.54, 1.807) is 0 Å². The molecule has 0 saturated carbocycles. The van der Waals surface area contributed by atoms with Crippen molar-refractivity contribution in [3.63, 3.8) is 0 Å². The molecule has 5 heteroatoms. The molecule has 0 unspecified atom stereocenters. The summed E-state index contributed by atoms with van der Waals surface area (Å²) >= 11 is 3.49. The molecule has 3 N–H and O–H groups in total. The Hall–Kier alpha value is -2.01. The maximum atomic E-state index is 5.72. The van der Waals surface area contributed by atoms with Gasteiger partial charge >= 0.3 is 0 Å². The van der Waals surface area contributed by atoms with Crippen LogP contribution in [0.1, 0.15) is 5.56 Å². The topological polar surface area (TPSA) is 63.9 Å². The average molecular weight is 318 g/mol. The molecule has 0 aliphatic rings. The van der Waals surface area contributed by atoms with E-state index in [4.69, 9.17) is 10.5 Å². The molecule has 0 spiro atoms. The highest BCUT2D eigenvalue weighted by atomic mass is 79.9. The van der Waals surface area contributed by atoms with Crippen molar-refractivity contribution in [3.05, 3.63) is 52.5 Å². The first kappa shape index (κ1) is 12.0. The number of halogens is 1. The molecule has 4 nitrogen and oxygen atoms in total. The number of benzene rings is 2. The number of aromatic nitrogens is 2. The second kappa shape index (κ2) is 4.93. The molecule has 3 aromatic rings. The molecule has 0 radical (unpaired) electrons. The molecule has 0 atom stereocenters. The van der Waals surface area contributed by atoms with E-state index in [1.807, 2.05) is 42.5 Å².